The molecule has 2 aromatic carbocycles. The smallest absolute Gasteiger partial charge is 0.409 e. The summed E-state index contributed by atoms with van der Waals surface area (Å²) in [6.07, 6.45) is 1.64. The van der Waals surface area contributed by atoms with Crippen molar-refractivity contribution in [2.24, 2.45) is 0 Å². The molecule has 2 aliphatic rings. The number of ether oxygens (including phenoxy) is 1. The van der Waals surface area contributed by atoms with Gasteiger partial charge in [0.15, 0.2) is 0 Å². The van der Waals surface area contributed by atoms with Gasteiger partial charge in [-0.3, -0.25) is 4.79 Å². The van der Waals surface area contributed by atoms with Crippen molar-refractivity contribution in [3.63, 3.8) is 0 Å². The van der Waals surface area contributed by atoms with Gasteiger partial charge in [0.25, 0.3) is 0 Å². The van der Waals surface area contributed by atoms with Crippen molar-refractivity contribution in [2.45, 2.75) is 12.3 Å². The van der Waals surface area contributed by atoms with Gasteiger partial charge in [-0.2, -0.15) is 0 Å². The molecular weight excluding hydrogens is 352 g/mol. The fourth-order valence-corrected chi connectivity index (χ4v) is 4.08. The summed E-state index contributed by atoms with van der Waals surface area (Å²) in [5.41, 5.74) is 4.84. The first-order valence-corrected chi connectivity index (χ1v) is 9.67. The van der Waals surface area contributed by atoms with Gasteiger partial charge in [0, 0.05) is 38.5 Å². The number of hydrogen-bond acceptors (Lipinski definition) is 3. The van der Waals surface area contributed by atoms with E-state index in [2.05, 4.69) is 30.8 Å². The molecule has 5 heteroatoms. The Labute approximate surface area is 165 Å². The Hall–Kier alpha value is -3.08. The molecule has 0 bridgehead atoms. The van der Waals surface area contributed by atoms with Crippen molar-refractivity contribution < 1.29 is 14.3 Å². The summed E-state index contributed by atoms with van der Waals surface area (Å²) in [6.45, 7) is 6.00. The molecule has 0 atom stereocenters. The normalized spacial score (nSPS) is 15.7. The summed E-state index contributed by atoms with van der Waals surface area (Å²) >= 11 is 0. The molecule has 144 valence electrons. The number of piperazine rings is 1. The quantitative estimate of drug-likeness (QED) is 0.766. The summed E-state index contributed by atoms with van der Waals surface area (Å²) in [6, 6.07) is 16.6. The van der Waals surface area contributed by atoms with Gasteiger partial charge in [-0.15, -0.1) is 6.58 Å². The van der Waals surface area contributed by atoms with E-state index in [0.29, 0.717) is 39.2 Å². The molecule has 0 saturated carbocycles. The number of rotatable bonds is 4. The number of carbonyl (C=O) groups is 2. The van der Waals surface area contributed by atoms with E-state index in [1.807, 2.05) is 24.3 Å². The fourth-order valence-electron chi connectivity index (χ4n) is 4.08. The molecule has 4 rings (SSSR count). The van der Waals surface area contributed by atoms with Crippen molar-refractivity contribution in [1.29, 1.82) is 0 Å². The van der Waals surface area contributed by atoms with Crippen LogP contribution in [0, 0.1) is 0 Å². The van der Waals surface area contributed by atoms with Crippen molar-refractivity contribution in [1.82, 2.24) is 9.80 Å². The molecule has 0 unspecified atom stereocenters. The van der Waals surface area contributed by atoms with Crippen molar-refractivity contribution >= 4 is 12.0 Å². The van der Waals surface area contributed by atoms with Crippen molar-refractivity contribution in [2.75, 3.05) is 32.8 Å². The molecule has 0 spiro atoms. The van der Waals surface area contributed by atoms with Crippen LogP contribution in [0.15, 0.2) is 61.2 Å². The Kier molecular flexibility index (Phi) is 5.15. The monoisotopic (exact) mass is 376 g/mol. The Morgan fingerprint density at radius 2 is 1.46 bits per heavy atom. The highest BCUT2D eigenvalue weighted by molar-refractivity contribution is 5.79. The van der Waals surface area contributed by atoms with Crippen molar-refractivity contribution in [3.8, 4) is 11.1 Å². The molecule has 5 nitrogen and oxygen atoms in total. The first kappa shape index (κ1) is 18.3. The van der Waals surface area contributed by atoms with E-state index in [-0.39, 0.29) is 17.9 Å². The minimum atomic E-state index is -0.308. The van der Waals surface area contributed by atoms with Crippen LogP contribution in [0.5, 0.6) is 0 Å². The van der Waals surface area contributed by atoms with Crippen LogP contribution in [-0.2, 0) is 9.53 Å². The lowest BCUT2D eigenvalue weighted by Gasteiger charge is -2.34. The second-order valence-electron chi connectivity index (χ2n) is 7.16. The van der Waals surface area contributed by atoms with Crippen LogP contribution < -0.4 is 0 Å². The zero-order valence-electron chi connectivity index (χ0n) is 15.8. The van der Waals surface area contributed by atoms with Crippen LogP contribution in [0.4, 0.5) is 4.79 Å². The molecule has 1 saturated heterocycles. The first-order chi connectivity index (χ1) is 13.7. The average molecular weight is 376 g/mol. The Morgan fingerprint density at radius 1 is 0.929 bits per heavy atom. The van der Waals surface area contributed by atoms with E-state index in [1.54, 1.807) is 15.9 Å². The van der Waals surface area contributed by atoms with Crippen LogP contribution in [-0.4, -0.2) is 54.6 Å². The van der Waals surface area contributed by atoms with E-state index in [0.717, 1.165) is 0 Å². The molecular formula is C23H24N2O3. The van der Waals surface area contributed by atoms with E-state index < -0.39 is 0 Å². The van der Waals surface area contributed by atoms with Gasteiger partial charge in [0.1, 0.15) is 6.61 Å². The third kappa shape index (κ3) is 3.40. The summed E-state index contributed by atoms with van der Waals surface area (Å²) in [5.74, 6) is 0.119. The number of carbonyl (C=O) groups excluding carboxylic acids is 2. The number of fused-ring (bicyclic) bond motifs is 3. The summed E-state index contributed by atoms with van der Waals surface area (Å²) in [4.78, 5) is 28.0. The maximum atomic E-state index is 12.6. The summed E-state index contributed by atoms with van der Waals surface area (Å²) < 4.78 is 5.69. The molecule has 1 fully saturated rings. The Morgan fingerprint density at radius 3 is 2.04 bits per heavy atom. The number of benzene rings is 2. The van der Waals surface area contributed by atoms with Gasteiger partial charge in [-0.25, -0.2) is 4.79 Å². The number of hydrogen-bond donors (Lipinski definition) is 0. The fraction of sp³-hybridized carbons (Fsp3) is 0.304. The predicted octanol–water partition coefficient (Wildman–Crippen LogP) is 3.66. The van der Waals surface area contributed by atoms with Crippen molar-refractivity contribution in [3.05, 3.63) is 72.3 Å². The van der Waals surface area contributed by atoms with Gasteiger partial charge in [-0.1, -0.05) is 54.6 Å². The first-order valence-electron chi connectivity index (χ1n) is 9.67. The lowest BCUT2D eigenvalue weighted by atomic mass is 9.98. The molecule has 1 aliphatic heterocycles. The van der Waals surface area contributed by atoms with Crippen LogP contribution in [0.25, 0.3) is 11.1 Å². The molecule has 1 heterocycles. The van der Waals surface area contributed by atoms with Crippen LogP contribution in [0.3, 0.4) is 0 Å². The van der Waals surface area contributed by atoms with Gasteiger partial charge >= 0.3 is 6.09 Å². The highest BCUT2D eigenvalue weighted by atomic mass is 16.6. The molecule has 2 aromatic rings. The molecule has 2 amide bonds. The summed E-state index contributed by atoms with van der Waals surface area (Å²) in [7, 11) is 0. The molecule has 0 aromatic heterocycles. The topological polar surface area (TPSA) is 49.9 Å². The minimum absolute atomic E-state index is 0.0576. The van der Waals surface area contributed by atoms with Crippen LogP contribution >= 0.6 is 0 Å². The number of nitrogens with zero attached hydrogens (tertiary/aromatic N) is 2. The average Bonchev–Trinajstić information content (AvgIpc) is 3.06. The maximum Gasteiger partial charge on any atom is 0.409 e. The summed E-state index contributed by atoms with van der Waals surface area (Å²) in [5, 5.41) is 0. The SMILES string of the molecule is C=CCC(=O)N1CCN(C(=O)OCC2c3ccccc3-c3ccccc32)CC1. The highest BCUT2D eigenvalue weighted by Crippen LogP contribution is 2.44. The zero-order chi connectivity index (χ0) is 19.5. The Bertz CT molecular complexity index is 855. The van der Waals surface area contributed by atoms with E-state index in [4.69, 9.17) is 4.74 Å². The molecule has 0 N–H and O–H groups in total. The second kappa shape index (κ2) is 7.89. The van der Waals surface area contributed by atoms with E-state index in [1.165, 1.54) is 22.3 Å². The van der Waals surface area contributed by atoms with Crippen LogP contribution in [0.2, 0.25) is 0 Å². The van der Waals surface area contributed by atoms with Gasteiger partial charge in [-0.05, 0) is 22.3 Å². The molecule has 28 heavy (non-hydrogen) atoms. The van der Waals surface area contributed by atoms with Gasteiger partial charge < -0.3 is 14.5 Å². The number of amides is 2. The second-order valence-corrected chi connectivity index (χ2v) is 7.16. The third-order valence-electron chi connectivity index (χ3n) is 5.55. The van der Waals surface area contributed by atoms with E-state index >= 15 is 0 Å². The van der Waals surface area contributed by atoms with E-state index in [9.17, 15) is 9.59 Å². The van der Waals surface area contributed by atoms with Crippen LogP contribution in [0.1, 0.15) is 23.5 Å². The maximum absolute atomic E-state index is 12.6. The molecule has 1 aliphatic carbocycles. The minimum Gasteiger partial charge on any atom is -0.448 e. The van der Waals surface area contributed by atoms with Gasteiger partial charge in [0.05, 0.1) is 0 Å². The largest absolute Gasteiger partial charge is 0.448 e. The molecule has 0 radical (unpaired) electrons. The Balaban J connectivity index is 1.38. The standard InChI is InChI=1S/C23H24N2O3/c1-2-7-22(26)24-12-14-25(15-13-24)23(27)28-16-21-19-10-5-3-8-17(19)18-9-4-6-11-20(18)21/h2-6,8-11,21H,1,7,12-16H2. The lowest BCUT2D eigenvalue weighted by Crippen LogP contribution is -2.50. The predicted molar refractivity (Wildman–Crippen MR) is 108 cm³/mol. The van der Waals surface area contributed by atoms with Gasteiger partial charge in [0.2, 0.25) is 5.91 Å². The lowest BCUT2D eigenvalue weighted by molar-refractivity contribution is -0.131. The third-order valence-corrected chi connectivity index (χ3v) is 5.55. The highest BCUT2D eigenvalue weighted by Gasteiger charge is 2.30. The zero-order valence-corrected chi connectivity index (χ0v) is 15.8.